The molecule has 0 radical (unpaired) electrons. The van der Waals surface area contributed by atoms with Crippen LogP contribution in [0.15, 0.2) is 133 Å². The van der Waals surface area contributed by atoms with Crippen LogP contribution in [0.25, 0.3) is 22.3 Å². The number of aryl methyl sites for hydroxylation is 2. The number of carbonyl (C=O) groups excluding carboxylic acids is 4. The van der Waals surface area contributed by atoms with Crippen molar-refractivity contribution in [1.29, 1.82) is 0 Å². The number of halogens is 1. The molecule has 0 aliphatic heterocycles. The lowest BCUT2D eigenvalue weighted by atomic mass is 10.0. The Morgan fingerprint density at radius 2 is 1.00 bits per heavy atom. The molecule has 10 nitrogen and oxygen atoms in total. The number of anilines is 2. The Morgan fingerprint density at radius 1 is 0.544 bits per heavy atom. The number of methoxy groups -OCH3 is 2. The van der Waals surface area contributed by atoms with Gasteiger partial charge >= 0.3 is 11.9 Å². The number of phenols is 1. The third-order valence-electron chi connectivity index (χ3n) is 8.83. The zero-order valence-electron chi connectivity index (χ0n) is 31.8. The number of phenolic OH excluding ortho intramolecular Hbond substituents is 1. The molecule has 6 rings (SSSR count). The second kappa shape index (κ2) is 19.7. The van der Waals surface area contributed by atoms with E-state index in [-0.39, 0.29) is 22.8 Å². The molecule has 0 aliphatic rings. The summed E-state index contributed by atoms with van der Waals surface area (Å²) in [5.74, 6) is -1.20. The maximum Gasteiger partial charge on any atom is 0.339 e. The first-order valence-corrected chi connectivity index (χ1v) is 18.9. The van der Waals surface area contributed by atoms with E-state index in [1.165, 1.54) is 26.4 Å². The Balaban J connectivity index is 0.000000219. The molecular weight excluding hydrogens is 788 g/mol. The highest BCUT2D eigenvalue weighted by Crippen LogP contribution is 2.29. The number of amides is 2. The van der Waals surface area contributed by atoms with Crippen LogP contribution in [-0.4, -0.2) is 55.0 Å². The van der Waals surface area contributed by atoms with Crippen molar-refractivity contribution >= 4 is 51.1 Å². The lowest BCUT2D eigenvalue weighted by Crippen LogP contribution is -2.17. The Kier molecular flexibility index (Phi) is 14.4. The molecule has 6 aromatic rings. The lowest BCUT2D eigenvalue weighted by Gasteiger charge is -2.14. The van der Waals surface area contributed by atoms with Crippen LogP contribution in [-0.2, 0) is 9.47 Å². The van der Waals surface area contributed by atoms with Gasteiger partial charge in [-0.2, -0.15) is 0 Å². The first kappa shape index (κ1) is 41.4. The number of aromatic hydroxyl groups is 1. The van der Waals surface area contributed by atoms with Gasteiger partial charge in [0.05, 0.1) is 43.3 Å². The van der Waals surface area contributed by atoms with Crippen LogP contribution in [0, 0.1) is 13.8 Å². The molecule has 0 bridgehead atoms. The van der Waals surface area contributed by atoms with Crippen LogP contribution in [0.4, 0.5) is 11.4 Å². The average Bonchev–Trinajstić information content (AvgIpc) is 3.24. The molecule has 0 atom stereocenters. The van der Waals surface area contributed by atoms with Crippen molar-refractivity contribution in [2.24, 2.45) is 0 Å². The topological polar surface area (TPSA) is 140 Å². The van der Waals surface area contributed by atoms with Crippen molar-refractivity contribution in [3.05, 3.63) is 167 Å². The van der Waals surface area contributed by atoms with Gasteiger partial charge in [-0.1, -0.05) is 101 Å². The van der Waals surface area contributed by atoms with Gasteiger partial charge in [-0.05, 0) is 95.8 Å². The maximum atomic E-state index is 13.0. The molecular formula is C46H41BrN2O8. The third-order valence-corrected chi connectivity index (χ3v) is 9.15. The minimum absolute atomic E-state index is 0.00280. The number of ether oxygens (including phenoxy) is 3. The summed E-state index contributed by atoms with van der Waals surface area (Å²) >= 11 is 3.32. The van der Waals surface area contributed by atoms with E-state index in [4.69, 9.17) is 14.2 Å². The van der Waals surface area contributed by atoms with Gasteiger partial charge in [-0.25, -0.2) is 9.59 Å². The molecule has 3 N–H and O–H groups in total. The number of nitrogens with one attached hydrogen (secondary N) is 2. The molecule has 0 unspecified atom stereocenters. The van der Waals surface area contributed by atoms with E-state index < -0.39 is 17.8 Å². The van der Waals surface area contributed by atoms with Gasteiger partial charge in [0.2, 0.25) is 0 Å². The van der Waals surface area contributed by atoms with E-state index in [0.29, 0.717) is 45.8 Å². The van der Waals surface area contributed by atoms with E-state index in [1.807, 2.05) is 85.8 Å². The van der Waals surface area contributed by atoms with Crippen LogP contribution in [0.2, 0.25) is 0 Å². The first-order chi connectivity index (χ1) is 27.5. The highest BCUT2D eigenvalue weighted by atomic mass is 79.9. The van der Waals surface area contributed by atoms with Crippen LogP contribution in [0.1, 0.15) is 52.6 Å². The van der Waals surface area contributed by atoms with E-state index in [9.17, 15) is 24.3 Å². The summed E-state index contributed by atoms with van der Waals surface area (Å²) in [6, 6.07) is 39.7. The molecule has 0 saturated carbocycles. The summed E-state index contributed by atoms with van der Waals surface area (Å²) in [4.78, 5) is 50.1. The molecule has 11 heteroatoms. The SMILES string of the molecule is COC(=O)c1ccc(-c2ccccc2)cc1NC(=O)c1cc(O)ccc1C.COC(=O)c1ccc(-c2ccccc2)cc1NC(=O)c1cc(OCCBr)ccc1C. The molecule has 2 amide bonds. The summed E-state index contributed by atoms with van der Waals surface area (Å²) in [6.45, 7) is 4.12. The minimum atomic E-state index is -0.544. The summed E-state index contributed by atoms with van der Waals surface area (Å²) in [5, 5.41) is 16.0. The van der Waals surface area contributed by atoms with Gasteiger partial charge in [0.15, 0.2) is 0 Å². The van der Waals surface area contributed by atoms with Gasteiger partial charge in [-0.3, -0.25) is 9.59 Å². The van der Waals surface area contributed by atoms with Gasteiger partial charge in [0, 0.05) is 16.5 Å². The van der Waals surface area contributed by atoms with Crippen molar-refractivity contribution in [3.8, 4) is 33.8 Å². The van der Waals surface area contributed by atoms with Crippen LogP contribution >= 0.6 is 15.9 Å². The number of carbonyl (C=O) groups is 4. The fourth-order valence-electron chi connectivity index (χ4n) is 5.82. The molecule has 0 fully saturated rings. The Labute approximate surface area is 339 Å². The predicted molar refractivity (Wildman–Crippen MR) is 226 cm³/mol. The second-order valence-electron chi connectivity index (χ2n) is 12.7. The molecule has 0 saturated heterocycles. The van der Waals surface area contributed by atoms with Crippen molar-refractivity contribution in [2.45, 2.75) is 13.8 Å². The van der Waals surface area contributed by atoms with Crippen molar-refractivity contribution < 1.29 is 38.5 Å². The summed E-state index contributed by atoms with van der Waals surface area (Å²) in [6.07, 6.45) is 0. The van der Waals surface area contributed by atoms with E-state index in [2.05, 4.69) is 26.6 Å². The van der Waals surface area contributed by atoms with Crippen molar-refractivity contribution in [2.75, 3.05) is 36.8 Å². The number of benzene rings is 6. The molecule has 57 heavy (non-hydrogen) atoms. The van der Waals surface area contributed by atoms with E-state index in [0.717, 1.165) is 27.8 Å². The van der Waals surface area contributed by atoms with Gasteiger partial charge in [0.25, 0.3) is 11.8 Å². The zero-order valence-corrected chi connectivity index (χ0v) is 33.4. The highest BCUT2D eigenvalue weighted by molar-refractivity contribution is 9.09. The fourth-order valence-corrected chi connectivity index (χ4v) is 5.98. The summed E-state index contributed by atoms with van der Waals surface area (Å²) in [5.41, 5.74) is 7.26. The highest BCUT2D eigenvalue weighted by Gasteiger charge is 2.19. The number of alkyl halides is 1. The molecule has 6 aromatic carbocycles. The van der Waals surface area contributed by atoms with Gasteiger partial charge < -0.3 is 30.0 Å². The first-order valence-electron chi connectivity index (χ1n) is 17.8. The van der Waals surface area contributed by atoms with Crippen molar-refractivity contribution in [3.63, 3.8) is 0 Å². The Hall–Kier alpha value is -6.72. The number of hydrogen-bond acceptors (Lipinski definition) is 8. The number of esters is 2. The molecule has 0 aliphatic carbocycles. The Morgan fingerprint density at radius 3 is 1.46 bits per heavy atom. The predicted octanol–water partition coefficient (Wildman–Crippen LogP) is 9.88. The smallest absolute Gasteiger partial charge is 0.339 e. The minimum Gasteiger partial charge on any atom is -0.508 e. The zero-order chi connectivity index (χ0) is 40.9. The largest absolute Gasteiger partial charge is 0.508 e. The number of hydrogen-bond donors (Lipinski definition) is 3. The van der Waals surface area contributed by atoms with Crippen LogP contribution in [0.3, 0.4) is 0 Å². The van der Waals surface area contributed by atoms with Gasteiger partial charge in [0.1, 0.15) is 11.5 Å². The fraction of sp³-hybridized carbons (Fsp3) is 0.130. The normalized spacial score (nSPS) is 10.3. The van der Waals surface area contributed by atoms with Gasteiger partial charge in [-0.15, -0.1) is 0 Å². The van der Waals surface area contributed by atoms with E-state index >= 15 is 0 Å². The van der Waals surface area contributed by atoms with Crippen LogP contribution in [0.5, 0.6) is 11.5 Å². The van der Waals surface area contributed by atoms with Crippen LogP contribution < -0.4 is 15.4 Å². The second-order valence-corrected chi connectivity index (χ2v) is 13.5. The summed E-state index contributed by atoms with van der Waals surface area (Å²) < 4.78 is 15.3. The monoisotopic (exact) mass is 828 g/mol. The van der Waals surface area contributed by atoms with E-state index in [1.54, 1.807) is 49.4 Å². The molecule has 0 heterocycles. The Bertz CT molecular complexity index is 2380. The summed E-state index contributed by atoms with van der Waals surface area (Å²) in [7, 11) is 2.60. The number of rotatable bonds is 11. The molecule has 290 valence electrons. The maximum absolute atomic E-state index is 13.0. The van der Waals surface area contributed by atoms with Crippen molar-refractivity contribution in [1.82, 2.24) is 0 Å². The quantitative estimate of drug-likeness (QED) is 0.0867. The standard InChI is InChI=1S/C24H22BrNO4.C22H19NO4/c1-16-8-10-19(30-13-12-25)15-21(16)23(27)26-22-14-18(17-6-4-3-5-7-17)9-11-20(22)24(28)29-2;1-14-8-10-17(24)13-19(14)21(25)23-20-12-16(15-6-4-3-5-7-15)9-11-18(20)22(26)27-2/h3-11,14-15H,12-13H2,1-2H3,(H,26,27);3-13,24H,1-2H3,(H,23,25). The lowest BCUT2D eigenvalue weighted by molar-refractivity contribution is 0.0592. The molecule has 0 spiro atoms. The average molecular weight is 830 g/mol. The third kappa shape index (κ3) is 10.7. The molecule has 0 aromatic heterocycles.